The maximum absolute atomic E-state index is 9.27. The fourth-order valence-corrected chi connectivity index (χ4v) is 2.93. The predicted molar refractivity (Wildman–Crippen MR) is 97.5 cm³/mol. The van der Waals surface area contributed by atoms with Gasteiger partial charge >= 0.3 is 0 Å². The maximum atomic E-state index is 9.27. The summed E-state index contributed by atoms with van der Waals surface area (Å²) in [5.74, 6) is 1.88. The van der Waals surface area contributed by atoms with Gasteiger partial charge in [0, 0.05) is 25.2 Å². The van der Waals surface area contributed by atoms with Crippen molar-refractivity contribution in [2.24, 2.45) is 0 Å². The average Bonchev–Trinajstić information content (AvgIpc) is 2.60. The number of anilines is 2. The number of aromatic nitrogens is 2. The van der Waals surface area contributed by atoms with Gasteiger partial charge < -0.3 is 15.3 Å². The Morgan fingerprint density at radius 1 is 1.17 bits per heavy atom. The second kappa shape index (κ2) is 7.18. The van der Waals surface area contributed by atoms with Crippen molar-refractivity contribution in [3.63, 3.8) is 0 Å². The number of aliphatic hydroxyl groups excluding tert-OH is 1. The third kappa shape index (κ3) is 3.67. The minimum atomic E-state index is -0.0673. The van der Waals surface area contributed by atoms with Gasteiger partial charge in [-0.05, 0) is 30.4 Å². The Hall–Kier alpha value is -2.14. The standard InChI is InChI=1S/C19H26N4O/c1-13(2)17-10-18(22-19(21-17)20-14(3)12-24)23-9-8-15-6-4-5-7-16(15)11-23/h4-7,10,13-14,24H,8-9,11-12H2,1-3H3,(H,20,21,22)/t14-/m0/s1. The highest BCUT2D eigenvalue weighted by molar-refractivity contribution is 5.48. The molecule has 3 rings (SSSR count). The molecule has 0 fully saturated rings. The van der Waals surface area contributed by atoms with E-state index in [0.29, 0.717) is 11.9 Å². The largest absolute Gasteiger partial charge is 0.394 e. The van der Waals surface area contributed by atoms with Crippen molar-refractivity contribution in [2.45, 2.75) is 45.7 Å². The van der Waals surface area contributed by atoms with Crippen LogP contribution in [0.25, 0.3) is 0 Å². The highest BCUT2D eigenvalue weighted by Crippen LogP contribution is 2.26. The monoisotopic (exact) mass is 326 g/mol. The normalized spacial score (nSPS) is 15.3. The number of aliphatic hydroxyl groups is 1. The van der Waals surface area contributed by atoms with Crippen LogP contribution < -0.4 is 10.2 Å². The minimum absolute atomic E-state index is 0.0572. The molecule has 0 saturated carbocycles. The van der Waals surface area contributed by atoms with Crippen LogP contribution in [0.5, 0.6) is 0 Å². The van der Waals surface area contributed by atoms with Crippen molar-refractivity contribution in [2.75, 3.05) is 23.4 Å². The summed E-state index contributed by atoms with van der Waals surface area (Å²) in [6.45, 7) is 8.08. The van der Waals surface area contributed by atoms with E-state index in [0.717, 1.165) is 31.0 Å². The molecule has 1 aromatic heterocycles. The maximum Gasteiger partial charge on any atom is 0.225 e. The molecule has 0 aliphatic carbocycles. The van der Waals surface area contributed by atoms with Crippen LogP contribution in [-0.4, -0.2) is 34.3 Å². The Kier molecular flexibility index (Phi) is 5.00. The van der Waals surface area contributed by atoms with Gasteiger partial charge in [0.25, 0.3) is 0 Å². The van der Waals surface area contributed by atoms with E-state index in [-0.39, 0.29) is 12.6 Å². The molecule has 0 radical (unpaired) electrons. The highest BCUT2D eigenvalue weighted by Gasteiger charge is 2.19. The molecule has 128 valence electrons. The first kappa shape index (κ1) is 16.7. The topological polar surface area (TPSA) is 61.3 Å². The second-order valence-corrected chi connectivity index (χ2v) is 6.80. The number of hydrogen-bond donors (Lipinski definition) is 2. The molecule has 5 heteroatoms. The lowest BCUT2D eigenvalue weighted by Gasteiger charge is -2.30. The molecule has 1 aromatic carbocycles. The Morgan fingerprint density at radius 3 is 2.62 bits per heavy atom. The van der Waals surface area contributed by atoms with E-state index in [1.165, 1.54) is 11.1 Å². The van der Waals surface area contributed by atoms with Crippen molar-refractivity contribution >= 4 is 11.8 Å². The third-order valence-electron chi connectivity index (χ3n) is 4.43. The molecule has 1 aliphatic rings. The number of nitrogens with zero attached hydrogens (tertiary/aromatic N) is 3. The predicted octanol–water partition coefficient (Wildman–Crippen LogP) is 2.96. The summed E-state index contributed by atoms with van der Waals surface area (Å²) in [4.78, 5) is 11.6. The van der Waals surface area contributed by atoms with E-state index in [1.807, 2.05) is 6.92 Å². The summed E-state index contributed by atoms with van der Waals surface area (Å²) >= 11 is 0. The summed E-state index contributed by atoms with van der Waals surface area (Å²) < 4.78 is 0. The van der Waals surface area contributed by atoms with Crippen LogP contribution >= 0.6 is 0 Å². The van der Waals surface area contributed by atoms with Crippen LogP contribution in [0, 0.1) is 0 Å². The van der Waals surface area contributed by atoms with E-state index in [9.17, 15) is 5.11 Å². The Morgan fingerprint density at radius 2 is 1.92 bits per heavy atom. The third-order valence-corrected chi connectivity index (χ3v) is 4.43. The number of benzene rings is 1. The second-order valence-electron chi connectivity index (χ2n) is 6.80. The van der Waals surface area contributed by atoms with Gasteiger partial charge in [0.15, 0.2) is 0 Å². The van der Waals surface area contributed by atoms with Crippen LogP contribution in [0.1, 0.15) is 43.5 Å². The van der Waals surface area contributed by atoms with Crippen LogP contribution in [-0.2, 0) is 13.0 Å². The van der Waals surface area contributed by atoms with E-state index in [2.05, 4.69) is 59.4 Å². The first-order valence-electron chi connectivity index (χ1n) is 8.65. The molecular weight excluding hydrogens is 300 g/mol. The van der Waals surface area contributed by atoms with Gasteiger partial charge in [0.2, 0.25) is 5.95 Å². The molecule has 2 heterocycles. The van der Waals surface area contributed by atoms with Crippen LogP contribution in [0.2, 0.25) is 0 Å². The molecule has 0 spiro atoms. The van der Waals surface area contributed by atoms with Crippen molar-refractivity contribution < 1.29 is 5.11 Å². The Labute approximate surface area is 143 Å². The van der Waals surface area contributed by atoms with Gasteiger partial charge in [-0.2, -0.15) is 4.98 Å². The Balaban J connectivity index is 1.89. The number of fused-ring (bicyclic) bond motifs is 1. The first-order chi connectivity index (χ1) is 11.6. The van der Waals surface area contributed by atoms with Gasteiger partial charge in [-0.25, -0.2) is 4.98 Å². The molecule has 2 aromatic rings. The van der Waals surface area contributed by atoms with Crippen molar-refractivity contribution in [3.8, 4) is 0 Å². The van der Waals surface area contributed by atoms with E-state index < -0.39 is 0 Å². The average molecular weight is 326 g/mol. The minimum Gasteiger partial charge on any atom is -0.394 e. The van der Waals surface area contributed by atoms with Gasteiger partial charge in [-0.3, -0.25) is 0 Å². The number of nitrogens with one attached hydrogen (secondary N) is 1. The van der Waals surface area contributed by atoms with Crippen LogP contribution in [0.3, 0.4) is 0 Å². The summed E-state index contributed by atoms with van der Waals surface area (Å²) in [6.07, 6.45) is 1.03. The highest BCUT2D eigenvalue weighted by atomic mass is 16.3. The Bertz CT molecular complexity index is 702. The molecule has 0 bridgehead atoms. The molecule has 2 N–H and O–H groups in total. The van der Waals surface area contributed by atoms with Crippen LogP contribution in [0.4, 0.5) is 11.8 Å². The molecule has 24 heavy (non-hydrogen) atoms. The number of hydrogen-bond acceptors (Lipinski definition) is 5. The van der Waals surface area contributed by atoms with E-state index in [1.54, 1.807) is 0 Å². The fourth-order valence-electron chi connectivity index (χ4n) is 2.93. The zero-order chi connectivity index (χ0) is 17.1. The lowest BCUT2D eigenvalue weighted by Crippen LogP contribution is -2.31. The summed E-state index contributed by atoms with van der Waals surface area (Å²) in [6, 6.07) is 10.6. The first-order valence-corrected chi connectivity index (χ1v) is 8.65. The molecule has 1 aliphatic heterocycles. The summed E-state index contributed by atoms with van der Waals surface area (Å²) in [5.41, 5.74) is 3.82. The van der Waals surface area contributed by atoms with Crippen LogP contribution in [0.15, 0.2) is 30.3 Å². The van der Waals surface area contributed by atoms with Crippen molar-refractivity contribution in [1.29, 1.82) is 0 Å². The van der Waals surface area contributed by atoms with Crippen molar-refractivity contribution in [3.05, 3.63) is 47.2 Å². The molecule has 0 unspecified atom stereocenters. The molecule has 5 nitrogen and oxygen atoms in total. The zero-order valence-electron chi connectivity index (χ0n) is 14.7. The number of rotatable bonds is 5. The van der Waals surface area contributed by atoms with Gasteiger partial charge in [-0.1, -0.05) is 38.1 Å². The quantitative estimate of drug-likeness (QED) is 0.884. The molecular formula is C19H26N4O. The van der Waals surface area contributed by atoms with E-state index >= 15 is 0 Å². The lowest BCUT2D eigenvalue weighted by molar-refractivity contribution is 0.281. The molecule has 1 atom stereocenters. The van der Waals surface area contributed by atoms with Gasteiger partial charge in [0.1, 0.15) is 5.82 Å². The van der Waals surface area contributed by atoms with Crippen molar-refractivity contribution in [1.82, 2.24) is 9.97 Å². The smallest absolute Gasteiger partial charge is 0.225 e. The van der Waals surface area contributed by atoms with E-state index in [4.69, 9.17) is 4.98 Å². The molecule has 0 amide bonds. The lowest BCUT2D eigenvalue weighted by atomic mass is 10.00. The summed E-state index contributed by atoms with van der Waals surface area (Å²) in [5, 5.41) is 12.5. The van der Waals surface area contributed by atoms with Gasteiger partial charge in [-0.15, -0.1) is 0 Å². The van der Waals surface area contributed by atoms with Gasteiger partial charge in [0.05, 0.1) is 12.3 Å². The summed E-state index contributed by atoms with van der Waals surface area (Å²) in [7, 11) is 0. The SMILES string of the molecule is CC(C)c1cc(N2CCc3ccccc3C2)nc(N[C@@H](C)CO)n1. The molecule has 0 saturated heterocycles. The fraction of sp³-hybridized carbons (Fsp3) is 0.474. The zero-order valence-corrected chi connectivity index (χ0v) is 14.7.